The Morgan fingerprint density at radius 3 is 2.37 bits per heavy atom. The fourth-order valence-corrected chi connectivity index (χ4v) is 3.40. The quantitative estimate of drug-likeness (QED) is 0.810. The second-order valence-corrected chi connectivity index (χ2v) is 6.80. The molecule has 0 aliphatic carbocycles. The lowest BCUT2D eigenvalue weighted by molar-refractivity contribution is 0.270. The minimum absolute atomic E-state index is 0.494. The normalized spacial score (nSPS) is 14.9. The van der Waals surface area contributed by atoms with E-state index in [-0.39, 0.29) is 0 Å². The lowest BCUT2D eigenvalue weighted by Crippen LogP contribution is -2.46. The van der Waals surface area contributed by atoms with Crippen molar-refractivity contribution in [3.63, 3.8) is 0 Å². The molecule has 3 rings (SSSR count). The third-order valence-corrected chi connectivity index (χ3v) is 5.00. The average molecular weight is 392 g/mol. The Morgan fingerprint density at radius 2 is 1.74 bits per heavy atom. The van der Waals surface area contributed by atoms with E-state index in [1.807, 2.05) is 13.0 Å². The van der Waals surface area contributed by atoms with E-state index < -0.39 is 0 Å². The maximum absolute atomic E-state index is 6.19. The molecule has 1 fully saturated rings. The first kappa shape index (κ1) is 19.5. The molecule has 1 aromatic carbocycles. The van der Waals surface area contributed by atoms with Crippen molar-refractivity contribution in [3.8, 4) is 11.5 Å². The van der Waals surface area contributed by atoms with Gasteiger partial charge >= 0.3 is 0 Å². The maximum Gasteiger partial charge on any atom is 0.144 e. The number of ether oxygens (including phenoxy) is 2. The Kier molecular flexibility index (Phi) is 6.23. The van der Waals surface area contributed by atoms with Crippen molar-refractivity contribution >= 4 is 28.9 Å². The van der Waals surface area contributed by atoms with Crippen LogP contribution < -0.4 is 19.7 Å². The number of benzene rings is 1. The zero-order valence-corrected chi connectivity index (χ0v) is 17.0. The van der Waals surface area contributed by atoms with Crippen LogP contribution in [0.3, 0.4) is 0 Å². The van der Waals surface area contributed by atoms with Crippen LogP contribution in [0.1, 0.15) is 12.7 Å². The molecular formula is C19H26ClN5O2. The zero-order valence-electron chi connectivity index (χ0n) is 16.3. The highest BCUT2D eigenvalue weighted by Crippen LogP contribution is 2.37. The monoisotopic (exact) mass is 391 g/mol. The molecule has 2 heterocycles. The SMILES string of the molecule is CCN1CCN(c2cc(Nc3cc(OC)c(Cl)cc3OC)nc(C)n2)CC1. The van der Waals surface area contributed by atoms with Crippen molar-refractivity contribution in [1.29, 1.82) is 0 Å². The fourth-order valence-electron chi connectivity index (χ4n) is 3.17. The molecule has 2 aromatic rings. The Bertz CT molecular complexity index is 794. The second kappa shape index (κ2) is 8.63. The first-order valence-electron chi connectivity index (χ1n) is 9.05. The summed E-state index contributed by atoms with van der Waals surface area (Å²) >= 11 is 6.19. The van der Waals surface area contributed by atoms with Crippen molar-refractivity contribution in [3.05, 3.63) is 29.0 Å². The van der Waals surface area contributed by atoms with Gasteiger partial charge in [0.15, 0.2) is 0 Å². The predicted molar refractivity (Wildman–Crippen MR) is 109 cm³/mol. The highest BCUT2D eigenvalue weighted by molar-refractivity contribution is 6.32. The van der Waals surface area contributed by atoms with Crippen molar-refractivity contribution in [2.45, 2.75) is 13.8 Å². The van der Waals surface area contributed by atoms with E-state index >= 15 is 0 Å². The summed E-state index contributed by atoms with van der Waals surface area (Å²) in [6, 6.07) is 5.50. The van der Waals surface area contributed by atoms with E-state index in [4.69, 9.17) is 21.1 Å². The maximum atomic E-state index is 6.19. The molecule has 1 aliphatic rings. The van der Waals surface area contributed by atoms with Crippen LogP contribution in [0.4, 0.5) is 17.3 Å². The van der Waals surface area contributed by atoms with Gasteiger partial charge in [0.25, 0.3) is 0 Å². The number of hydrogen-bond donors (Lipinski definition) is 1. The number of nitrogens with zero attached hydrogens (tertiary/aromatic N) is 4. The van der Waals surface area contributed by atoms with Crippen LogP contribution in [-0.4, -0.2) is 61.8 Å². The standard InChI is InChI=1S/C19H26ClN5O2/c1-5-24-6-8-25(9-7-24)19-12-18(21-13(2)22-19)23-15-11-16(26-3)14(20)10-17(15)27-4/h10-12H,5-9H2,1-4H3,(H,21,22,23). The number of piperazine rings is 1. The zero-order chi connectivity index (χ0) is 19.4. The van der Waals surface area contributed by atoms with Gasteiger partial charge in [-0.2, -0.15) is 0 Å². The van der Waals surface area contributed by atoms with Crippen LogP contribution in [-0.2, 0) is 0 Å². The van der Waals surface area contributed by atoms with Gasteiger partial charge in [0.2, 0.25) is 0 Å². The smallest absolute Gasteiger partial charge is 0.144 e. The Morgan fingerprint density at radius 1 is 1.04 bits per heavy atom. The largest absolute Gasteiger partial charge is 0.495 e. The number of anilines is 3. The topological polar surface area (TPSA) is 62.8 Å². The van der Waals surface area contributed by atoms with Crippen LogP contribution in [0.25, 0.3) is 0 Å². The molecule has 0 bridgehead atoms. The number of aryl methyl sites for hydroxylation is 1. The average Bonchev–Trinajstić information content (AvgIpc) is 2.68. The van der Waals surface area contributed by atoms with Crippen LogP contribution in [0.2, 0.25) is 5.02 Å². The molecule has 0 atom stereocenters. The van der Waals surface area contributed by atoms with Crippen molar-refractivity contribution < 1.29 is 9.47 Å². The van der Waals surface area contributed by atoms with E-state index in [0.29, 0.717) is 28.2 Å². The summed E-state index contributed by atoms with van der Waals surface area (Å²) in [6.45, 7) is 9.19. The highest BCUT2D eigenvalue weighted by Gasteiger charge is 2.18. The minimum Gasteiger partial charge on any atom is -0.495 e. The van der Waals surface area contributed by atoms with Crippen LogP contribution in [0.15, 0.2) is 18.2 Å². The highest BCUT2D eigenvalue weighted by atomic mass is 35.5. The van der Waals surface area contributed by atoms with Gasteiger partial charge in [0, 0.05) is 44.4 Å². The number of aromatic nitrogens is 2. The van der Waals surface area contributed by atoms with Crippen molar-refractivity contribution in [2.24, 2.45) is 0 Å². The van der Waals surface area contributed by atoms with E-state index in [1.54, 1.807) is 26.4 Å². The molecular weight excluding hydrogens is 366 g/mol. The molecule has 1 aromatic heterocycles. The lowest BCUT2D eigenvalue weighted by atomic mass is 10.2. The molecule has 8 heteroatoms. The van der Waals surface area contributed by atoms with Crippen molar-refractivity contribution in [1.82, 2.24) is 14.9 Å². The number of methoxy groups -OCH3 is 2. The lowest BCUT2D eigenvalue weighted by Gasteiger charge is -2.34. The van der Waals surface area contributed by atoms with Gasteiger partial charge in [0.05, 0.1) is 24.9 Å². The molecule has 0 amide bonds. The van der Waals surface area contributed by atoms with E-state index in [2.05, 4.69) is 32.0 Å². The van der Waals surface area contributed by atoms with Gasteiger partial charge in [-0.15, -0.1) is 0 Å². The molecule has 1 N–H and O–H groups in total. The molecule has 0 unspecified atom stereocenters. The van der Waals surface area contributed by atoms with Gasteiger partial charge in [-0.1, -0.05) is 18.5 Å². The first-order valence-corrected chi connectivity index (χ1v) is 9.43. The first-order chi connectivity index (χ1) is 13.0. The summed E-state index contributed by atoms with van der Waals surface area (Å²) in [5.41, 5.74) is 0.735. The molecule has 0 spiro atoms. The number of likely N-dealkylation sites (N-methyl/N-ethyl adjacent to an activating group) is 1. The summed E-state index contributed by atoms with van der Waals surface area (Å²) in [5, 5.41) is 3.81. The molecule has 0 saturated carbocycles. The Balaban J connectivity index is 1.85. The molecule has 146 valence electrons. The summed E-state index contributed by atoms with van der Waals surface area (Å²) in [5.74, 6) is 3.54. The number of nitrogens with one attached hydrogen (secondary N) is 1. The predicted octanol–water partition coefficient (Wildman–Crippen LogP) is 3.34. The molecule has 1 saturated heterocycles. The fraction of sp³-hybridized carbons (Fsp3) is 0.474. The Hall–Kier alpha value is -2.25. The van der Waals surface area contributed by atoms with Crippen LogP contribution in [0.5, 0.6) is 11.5 Å². The molecule has 27 heavy (non-hydrogen) atoms. The van der Waals surface area contributed by atoms with Gasteiger partial charge in [-0.05, 0) is 13.5 Å². The molecule has 1 aliphatic heterocycles. The van der Waals surface area contributed by atoms with Crippen LogP contribution >= 0.6 is 11.6 Å². The van der Waals surface area contributed by atoms with Gasteiger partial charge in [-0.3, -0.25) is 0 Å². The van der Waals surface area contributed by atoms with Crippen molar-refractivity contribution in [2.75, 3.05) is 57.2 Å². The third-order valence-electron chi connectivity index (χ3n) is 4.70. The number of halogens is 1. The van der Waals surface area contributed by atoms with E-state index in [0.717, 1.165) is 44.2 Å². The number of rotatable bonds is 6. The second-order valence-electron chi connectivity index (χ2n) is 6.39. The summed E-state index contributed by atoms with van der Waals surface area (Å²) in [6.07, 6.45) is 0. The van der Waals surface area contributed by atoms with Gasteiger partial charge in [-0.25, -0.2) is 9.97 Å². The summed E-state index contributed by atoms with van der Waals surface area (Å²) in [7, 11) is 3.19. The van der Waals surface area contributed by atoms with Gasteiger partial charge < -0.3 is 24.6 Å². The summed E-state index contributed by atoms with van der Waals surface area (Å²) in [4.78, 5) is 13.9. The van der Waals surface area contributed by atoms with Crippen LogP contribution in [0, 0.1) is 6.92 Å². The Labute approximate surface area is 165 Å². The van der Waals surface area contributed by atoms with Gasteiger partial charge in [0.1, 0.15) is 29.0 Å². The van der Waals surface area contributed by atoms with E-state index in [9.17, 15) is 0 Å². The molecule has 0 radical (unpaired) electrons. The number of hydrogen-bond acceptors (Lipinski definition) is 7. The van der Waals surface area contributed by atoms with E-state index in [1.165, 1.54) is 0 Å². The summed E-state index contributed by atoms with van der Waals surface area (Å²) < 4.78 is 10.7. The molecule has 7 nitrogen and oxygen atoms in total. The minimum atomic E-state index is 0.494. The third kappa shape index (κ3) is 4.54.